The molecule has 98 valence electrons. The number of aryl methyl sites for hydroxylation is 1. The van der Waals surface area contributed by atoms with Crippen LogP contribution in [0.4, 0.5) is 5.69 Å². The van der Waals surface area contributed by atoms with Gasteiger partial charge in [0.2, 0.25) is 0 Å². The van der Waals surface area contributed by atoms with Crippen molar-refractivity contribution in [2.75, 3.05) is 6.54 Å². The van der Waals surface area contributed by atoms with Crippen molar-refractivity contribution in [2.45, 2.75) is 25.7 Å². The van der Waals surface area contributed by atoms with Gasteiger partial charge in [-0.1, -0.05) is 55.0 Å². The second-order valence-corrected chi connectivity index (χ2v) is 4.60. The molecule has 0 bridgehead atoms. The van der Waals surface area contributed by atoms with Gasteiger partial charge >= 0.3 is 0 Å². The maximum atomic E-state index is 4.21. The van der Waals surface area contributed by atoms with Crippen LogP contribution in [0.25, 0.3) is 0 Å². The Balaban J connectivity index is 1.56. The molecule has 0 heterocycles. The minimum absolute atomic E-state index is 0.823. The van der Waals surface area contributed by atoms with Crippen molar-refractivity contribution in [3.63, 3.8) is 0 Å². The lowest BCUT2D eigenvalue weighted by atomic mass is 10.1. The van der Waals surface area contributed by atoms with Crippen LogP contribution in [0.5, 0.6) is 0 Å². The third-order valence-corrected chi connectivity index (χ3v) is 3.01. The normalized spacial score (nSPS) is 10.9. The zero-order chi connectivity index (χ0) is 13.2. The summed E-state index contributed by atoms with van der Waals surface area (Å²) in [5.74, 6) is 0. The van der Waals surface area contributed by atoms with Crippen LogP contribution in [-0.4, -0.2) is 6.54 Å². The predicted molar refractivity (Wildman–Crippen MR) is 79.8 cm³/mol. The smallest absolute Gasteiger partial charge is 0.0852 e. The van der Waals surface area contributed by atoms with Crippen molar-refractivity contribution in [1.29, 1.82) is 0 Å². The van der Waals surface area contributed by atoms with Gasteiger partial charge in [0.05, 0.1) is 12.2 Å². The van der Waals surface area contributed by atoms with Crippen molar-refractivity contribution in [1.82, 2.24) is 0 Å². The summed E-state index contributed by atoms with van der Waals surface area (Å²) in [5, 5.41) is 8.40. The van der Waals surface area contributed by atoms with Gasteiger partial charge in [-0.05, 0) is 37.0 Å². The number of azo groups is 1. The second kappa shape index (κ2) is 8.20. The van der Waals surface area contributed by atoms with E-state index in [1.54, 1.807) is 0 Å². The molecule has 0 saturated heterocycles. The van der Waals surface area contributed by atoms with Gasteiger partial charge in [0.1, 0.15) is 0 Å². The first-order chi connectivity index (χ1) is 9.45. The van der Waals surface area contributed by atoms with E-state index in [4.69, 9.17) is 0 Å². The van der Waals surface area contributed by atoms with Crippen LogP contribution in [-0.2, 0) is 6.42 Å². The largest absolute Gasteiger partial charge is 0.189 e. The first-order valence-electron chi connectivity index (χ1n) is 6.91. The van der Waals surface area contributed by atoms with E-state index >= 15 is 0 Å². The third-order valence-electron chi connectivity index (χ3n) is 3.01. The molecule has 0 radical (unpaired) electrons. The summed E-state index contributed by atoms with van der Waals surface area (Å²) in [6, 6.07) is 20.5. The van der Waals surface area contributed by atoms with Crippen LogP contribution >= 0.6 is 0 Å². The SMILES string of the molecule is c1ccc(CCCCCN=Nc2ccccc2)cc1. The van der Waals surface area contributed by atoms with Crippen LogP contribution in [0.1, 0.15) is 24.8 Å². The minimum atomic E-state index is 0.823. The number of benzene rings is 2. The third kappa shape index (κ3) is 5.47. The first-order valence-corrected chi connectivity index (χ1v) is 6.91. The molecule has 2 heteroatoms. The fourth-order valence-electron chi connectivity index (χ4n) is 1.96. The molecule has 0 fully saturated rings. The monoisotopic (exact) mass is 252 g/mol. The van der Waals surface area contributed by atoms with E-state index in [-0.39, 0.29) is 0 Å². The Bertz CT molecular complexity index is 477. The van der Waals surface area contributed by atoms with E-state index in [1.807, 2.05) is 30.3 Å². The zero-order valence-electron chi connectivity index (χ0n) is 11.2. The Morgan fingerprint density at radius 1 is 0.684 bits per heavy atom. The number of hydrogen-bond acceptors (Lipinski definition) is 2. The molecule has 0 aliphatic rings. The van der Waals surface area contributed by atoms with Gasteiger partial charge in [0.25, 0.3) is 0 Å². The van der Waals surface area contributed by atoms with Crippen LogP contribution in [0.3, 0.4) is 0 Å². The minimum Gasteiger partial charge on any atom is -0.189 e. The standard InChI is InChI=1S/C17H20N2/c1-4-10-16(11-5-1)12-6-3-9-15-18-19-17-13-7-2-8-14-17/h1-2,4-5,7-8,10-11,13-14H,3,6,9,12,15H2. The van der Waals surface area contributed by atoms with Crippen LogP contribution in [0.15, 0.2) is 70.9 Å². The number of hydrogen-bond donors (Lipinski definition) is 0. The summed E-state index contributed by atoms with van der Waals surface area (Å²) in [6.07, 6.45) is 4.72. The van der Waals surface area contributed by atoms with E-state index in [1.165, 1.54) is 18.4 Å². The highest BCUT2D eigenvalue weighted by molar-refractivity contribution is 5.34. The summed E-state index contributed by atoms with van der Waals surface area (Å²) in [6.45, 7) is 0.823. The summed E-state index contributed by atoms with van der Waals surface area (Å²) in [4.78, 5) is 0. The lowest BCUT2D eigenvalue weighted by molar-refractivity contribution is 0.677. The first kappa shape index (κ1) is 13.5. The van der Waals surface area contributed by atoms with Gasteiger partial charge in [-0.15, -0.1) is 0 Å². The Labute approximate surface area is 115 Å². The molecule has 0 saturated carbocycles. The second-order valence-electron chi connectivity index (χ2n) is 4.60. The molecule has 0 unspecified atom stereocenters. The van der Waals surface area contributed by atoms with Crippen LogP contribution < -0.4 is 0 Å². The van der Waals surface area contributed by atoms with Gasteiger partial charge in [0, 0.05) is 0 Å². The predicted octanol–water partition coefficient (Wildman–Crippen LogP) is 5.18. The number of rotatable bonds is 7. The Hall–Kier alpha value is -1.96. The summed E-state index contributed by atoms with van der Waals surface area (Å²) < 4.78 is 0. The molecule has 0 spiro atoms. The van der Waals surface area contributed by atoms with E-state index in [0.29, 0.717) is 0 Å². The molecule has 0 amide bonds. The Kier molecular flexibility index (Phi) is 5.81. The molecule has 0 aliphatic carbocycles. The van der Waals surface area contributed by atoms with Gasteiger partial charge < -0.3 is 0 Å². The molecule has 2 aromatic carbocycles. The van der Waals surface area contributed by atoms with E-state index in [2.05, 4.69) is 40.6 Å². The topological polar surface area (TPSA) is 24.7 Å². The van der Waals surface area contributed by atoms with Crippen molar-refractivity contribution >= 4 is 5.69 Å². The fourth-order valence-corrected chi connectivity index (χ4v) is 1.96. The van der Waals surface area contributed by atoms with Gasteiger partial charge in [-0.3, -0.25) is 0 Å². The number of unbranched alkanes of at least 4 members (excludes halogenated alkanes) is 2. The molecular weight excluding hydrogens is 232 g/mol. The molecule has 2 nitrogen and oxygen atoms in total. The highest BCUT2D eigenvalue weighted by Gasteiger charge is 1.92. The molecular formula is C17H20N2. The quantitative estimate of drug-likeness (QED) is 0.479. The van der Waals surface area contributed by atoms with Crippen LogP contribution in [0, 0.1) is 0 Å². The highest BCUT2D eigenvalue weighted by Crippen LogP contribution is 2.11. The Morgan fingerprint density at radius 3 is 2.11 bits per heavy atom. The fraction of sp³-hybridized carbons (Fsp3) is 0.294. The highest BCUT2D eigenvalue weighted by atomic mass is 15.1. The zero-order valence-corrected chi connectivity index (χ0v) is 11.2. The van der Waals surface area contributed by atoms with E-state index in [9.17, 15) is 0 Å². The van der Waals surface area contributed by atoms with Crippen molar-refractivity contribution in [3.8, 4) is 0 Å². The average Bonchev–Trinajstić information content (AvgIpc) is 2.48. The summed E-state index contributed by atoms with van der Waals surface area (Å²) >= 11 is 0. The summed E-state index contributed by atoms with van der Waals surface area (Å²) in [5.41, 5.74) is 2.36. The lowest BCUT2D eigenvalue weighted by Crippen LogP contribution is -1.86. The molecule has 0 N–H and O–H groups in total. The molecule has 0 atom stereocenters. The average molecular weight is 252 g/mol. The summed E-state index contributed by atoms with van der Waals surface area (Å²) in [7, 11) is 0. The van der Waals surface area contributed by atoms with Crippen molar-refractivity contribution in [2.24, 2.45) is 10.2 Å². The molecule has 2 rings (SSSR count). The lowest BCUT2D eigenvalue weighted by Gasteiger charge is -1.99. The molecule has 19 heavy (non-hydrogen) atoms. The number of nitrogens with zero attached hydrogens (tertiary/aromatic N) is 2. The maximum absolute atomic E-state index is 4.21. The van der Waals surface area contributed by atoms with E-state index < -0.39 is 0 Å². The maximum Gasteiger partial charge on any atom is 0.0852 e. The Morgan fingerprint density at radius 2 is 1.37 bits per heavy atom. The van der Waals surface area contributed by atoms with E-state index in [0.717, 1.165) is 25.1 Å². The van der Waals surface area contributed by atoms with Gasteiger partial charge in [-0.25, -0.2) is 0 Å². The molecule has 0 aliphatic heterocycles. The van der Waals surface area contributed by atoms with Gasteiger partial charge in [-0.2, -0.15) is 10.2 Å². The van der Waals surface area contributed by atoms with Gasteiger partial charge in [0.15, 0.2) is 0 Å². The van der Waals surface area contributed by atoms with Crippen molar-refractivity contribution < 1.29 is 0 Å². The molecule has 2 aromatic rings. The molecule has 0 aromatic heterocycles. The van der Waals surface area contributed by atoms with Crippen molar-refractivity contribution in [3.05, 3.63) is 66.2 Å². The van der Waals surface area contributed by atoms with Crippen LogP contribution in [0.2, 0.25) is 0 Å².